The molecule has 2 N–H and O–H groups in total. The molecule has 4 heteroatoms. The van der Waals surface area contributed by atoms with Crippen molar-refractivity contribution in [3.63, 3.8) is 0 Å². The van der Waals surface area contributed by atoms with Crippen molar-refractivity contribution in [3.05, 3.63) is 12.4 Å². The topological polar surface area (TPSA) is 49.8 Å². The van der Waals surface area contributed by atoms with Crippen LogP contribution in [-0.2, 0) is 0 Å². The number of hydrogen-bond acceptors (Lipinski definition) is 4. The maximum atomic E-state index is 4.30. The van der Waals surface area contributed by atoms with E-state index in [4.69, 9.17) is 0 Å². The molecule has 1 aromatic heterocycles. The molecule has 1 unspecified atom stereocenters. The highest BCUT2D eigenvalue weighted by Gasteiger charge is 2.21. The van der Waals surface area contributed by atoms with Gasteiger partial charge in [0, 0.05) is 18.7 Å². The second kappa shape index (κ2) is 6.57. The molecule has 1 atom stereocenters. The maximum absolute atomic E-state index is 4.30. The molecule has 0 amide bonds. The van der Waals surface area contributed by atoms with E-state index >= 15 is 0 Å². The lowest BCUT2D eigenvalue weighted by Crippen LogP contribution is -2.24. The maximum Gasteiger partial charge on any atom is 0.131 e. The van der Waals surface area contributed by atoms with E-state index < -0.39 is 0 Å². The number of anilines is 2. The Hall–Kier alpha value is -1.32. The number of aromatic nitrogens is 2. The van der Waals surface area contributed by atoms with Crippen molar-refractivity contribution in [2.45, 2.75) is 52.0 Å². The van der Waals surface area contributed by atoms with Crippen molar-refractivity contribution in [2.24, 2.45) is 5.92 Å². The zero-order valence-corrected chi connectivity index (χ0v) is 11.4. The molecule has 0 saturated heterocycles. The van der Waals surface area contributed by atoms with Gasteiger partial charge in [0.05, 0.1) is 0 Å². The first-order chi connectivity index (χ1) is 8.79. The van der Waals surface area contributed by atoms with Gasteiger partial charge in [0.2, 0.25) is 0 Å². The van der Waals surface area contributed by atoms with Crippen LogP contribution >= 0.6 is 0 Å². The lowest BCUT2D eigenvalue weighted by atomic mass is 10.00. The third-order valence-corrected chi connectivity index (χ3v) is 3.71. The summed E-state index contributed by atoms with van der Waals surface area (Å²) < 4.78 is 0. The normalized spacial score (nSPS) is 17.7. The van der Waals surface area contributed by atoms with Crippen LogP contribution in [0, 0.1) is 5.92 Å². The van der Waals surface area contributed by atoms with E-state index in [-0.39, 0.29) is 0 Å². The van der Waals surface area contributed by atoms with Gasteiger partial charge in [0.1, 0.15) is 18.0 Å². The number of nitrogens with zero attached hydrogens (tertiary/aromatic N) is 2. The summed E-state index contributed by atoms with van der Waals surface area (Å²) in [7, 11) is 0. The highest BCUT2D eigenvalue weighted by atomic mass is 15.1. The average Bonchev–Trinajstić information content (AvgIpc) is 2.91. The van der Waals surface area contributed by atoms with Gasteiger partial charge in [-0.15, -0.1) is 0 Å². The number of nitrogens with one attached hydrogen (secondary N) is 2. The van der Waals surface area contributed by atoms with E-state index in [1.165, 1.54) is 25.7 Å². The smallest absolute Gasteiger partial charge is 0.131 e. The van der Waals surface area contributed by atoms with Crippen LogP contribution in [0.25, 0.3) is 0 Å². The molecule has 2 rings (SSSR count). The molecule has 1 heterocycles. The molecule has 1 fully saturated rings. The van der Waals surface area contributed by atoms with Crippen molar-refractivity contribution in [2.75, 3.05) is 17.2 Å². The Labute approximate surface area is 110 Å². The molecule has 4 nitrogen and oxygen atoms in total. The van der Waals surface area contributed by atoms with Crippen LogP contribution in [0.4, 0.5) is 11.6 Å². The zero-order chi connectivity index (χ0) is 12.8. The first kappa shape index (κ1) is 13.1. The Morgan fingerprint density at radius 1 is 1.28 bits per heavy atom. The van der Waals surface area contributed by atoms with Gasteiger partial charge in [-0.05, 0) is 32.1 Å². The molecule has 0 aromatic carbocycles. The monoisotopic (exact) mass is 248 g/mol. The van der Waals surface area contributed by atoms with Crippen LogP contribution in [0.2, 0.25) is 0 Å². The lowest BCUT2D eigenvalue weighted by Gasteiger charge is -2.21. The summed E-state index contributed by atoms with van der Waals surface area (Å²) in [5.41, 5.74) is 0. The second-order valence-corrected chi connectivity index (χ2v) is 5.19. The third kappa shape index (κ3) is 3.59. The third-order valence-electron chi connectivity index (χ3n) is 3.71. The minimum absolute atomic E-state index is 0.501. The van der Waals surface area contributed by atoms with Crippen molar-refractivity contribution >= 4 is 11.6 Å². The molecule has 0 spiro atoms. The van der Waals surface area contributed by atoms with Crippen LogP contribution in [-0.4, -0.2) is 22.6 Å². The highest BCUT2D eigenvalue weighted by Crippen LogP contribution is 2.29. The fourth-order valence-corrected chi connectivity index (χ4v) is 2.59. The first-order valence-electron chi connectivity index (χ1n) is 7.12. The molecule has 0 bridgehead atoms. The first-order valence-corrected chi connectivity index (χ1v) is 7.12. The zero-order valence-electron chi connectivity index (χ0n) is 11.4. The standard InChI is InChI=1S/C14H24N4/c1-3-8-15-13-9-14(17-10-16-13)18-11(2)12-6-4-5-7-12/h9-12H,3-8H2,1-2H3,(H2,15,16,17,18). The Balaban J connectivity index is 1.91. The summed E-state index contributed by atoms with van der Waals surface area (Å²) in [6.45, 7) is 5.36. The van der Waals surface area contributed by atoms with Gasteiger partial charge in [-0.2, -0.15) is 0 Å². The van der Waals surface area contributed by atoms with Gasteiger partial charge >= 0.3 is 0 Å². The molecule has 1 aromatic rings. The molecule has 1 aliphatic carbocycles. The largest absolute Gasteiger partial charge is 0.370 e. The van der Waals surface area contributed by atoms with Gasteiger partial charge in [-0.1, -0.05) is 19.8 Å². The quantitative estimate of drug-likeness (QED) is 0.811. The minimum atomic E-state index is 0.501. The predicted molar refractivity (Wildman–Crippen MR) is 75.9 cm³/mol. The minimum Gasteiger partial charge on any atom is -0.370 e. The van der Waals surface area contributed by atoms with E-state index in [0.29, 0.717) is 6.04 Å². The van der Waals surface area contributed by atoms with Crippen molar-refractivity contribution in [1.29, 1.82) is 0 Å². The molecular weight excluding hydrogens is 224 g/mol. The SMILES string of the molecule is CCCNc1cc(NC(C)C2CCCC2)ncn1. The fraction of sp³-hybridized carbons (Fsp3) is 0.714. The van der Waals surface area contributed by atoms with E-state index in [2.05, 4.69) is 34.4 Å². The molecule has 0 aliphatic heterocycles. The van der Waals surface area contributed by atoms with Crippen molar-refractivity contribution < 1.29 is 0 Å². The van der Waals surface area contributed by atoms with Crippen LogP contribution in [0.1, 0.15) is 46.0 Å². The summed E-state index contributed by atoms with van der Waals surface area (Å²) >= 11 is 0. The molecule has 1 aliphatic rings. The van der Waals surface area contributed by atoms with E-state index in [9.17, 15) is 0 Å². The van der Waals surface area contributed by atoms with Crippen molar-refractivity contribution in [1.82, 2.24) is 9.97 Å². The molecule has 0 radical (unpaired) electrons. The number of hydrogen-bond donors (Lipinski definition) is 2. The summed E-state index contributed by atoms with van der Waals surface area (Å²) in [6, 6.07) is 2.50. The molecule has 1 saturated carbocycles. The fourth-order valence-electron chi connectivity index (χ4n) is 2.59. The van der Waals surface area contributed by atoms with Crippen LogP contribution < -0.4 is 10.6 Å². The Kier molecular flexibility index (Phi) is 4.79. The molecule has 100 valence electrons. The summed E-state index contributed by atoms with van der Waals surface area (Å²) in [4.78, 5) is 8.52. The Morgan fingerprint density at radius 2 is 2.00 bits per heavy atom. The van der Waals surface area contributed by atoms with Gasteiger partial charge in [0.25, 0.3) is 0 Å². The van der Waals surface area contributed by atoms with Crippen LogP contribution in [0.15, 0.2) is 12.4 Å². The second-order valence-electron chi connectivity index (χ2n) is 5.19. The van der Waals surface area contributed by atoms with E-state index in [1.54, 1.807) is 6.33 Å². The van der Waals surface area contributed by atoms with Gasteiger partial charge in [-0.3, -0.25) is 0 Å². The van der Waals surface area contributed by atoms with Crippen molar-refractivity contribution in [3.8, 4) is 0 Å². The van der Waals surface area contributed by atoms with Crippen LogP contribution in [0.3, 0.4) is 0 Å². The summed E-state index contributed by atoms with van der Waals surface area (Å²) in [5.74, 6) is 2.64. The average molecular weight is 248 g/mol. The lowest BCUT2D eigenvalue weighted by molar-refractivity contribution is 0.481. The summed E-state index contributed by atoms with van der Waals surface area (Å²) in [5, 5.41) is 6.80. The van der Waals surface area contributed by atoms with Gasteiger partial charge in [-0.25, -0.2) is 9.97 Å². The van der Waals surface area contributed by atoms with Gasteiger partial charge < -0.3 is 10.6 Å². The molecule has 18 heavy (non-hydrogen) atoms. The number of rotatable bonds is 6. The summed E-state index contributed by atoms with van der Waals surface area (Å²) in [6.07, 6.45) is 8.18. The molecular formula is C14H24N4. The Morgan fingerprint density at radius 3 is 2.72 bits per heavy atom. The van der Waals surface area contributed by atoms with Gasteiger partial charge in [0.15, 0.2) is 0 Å². The van der Waals surface area contributed by atoms with E-state index in [0.717, 1.165) is 30.5 Å². The van der Waals surface area contributed by atoms with E-state index in [1.807, 2.05) is 6.07 Å². The predicted octanol–water partition coefficient (Wildman–Crippen LogP) is 3.29. The van der Waals surface area contributed by atoms with Crippen LogP contribution in [0.5, 0.6) is 0 Å². The Bertz CT molecular complexity index is 361. The highest BCUT2D eigenvalue weighted by molar-refractivity contribution is 5.46.